The van der Waals surface area contributed by atoms with Gasteiger partial charge in [0.05, 0.1) is 4.47 Å². The van der Waals surface area contributed by atoms with Crippen molar-refractivity contribution in [3.8, 4) is 5.75 Å². The summed E-state index contributed by atoms with van der Waals surface area (Å²) in [7, 11) is 0. The highest BCUT2D eigenvalue weighted by Gasteiger charge is 2.10. The third kappa shape index (κ3) is 5.11. The number of rotatable bonds is 5. The van der Waals surface area contributed by atoms with Crippen LogP contribution in [0.25, 0.3) is 0 Å². The largest absolute Gasteiger partial charge is 0.492 e. The first kappa shape index (κ1) is 14.8. The van der Waals surface area contributed by atoms with Crippen molar-refractivity contribution in [2.45, 2.75) is 44.6 Å². The Morgan fingerprint density at radius 2 is 1.95 bits per heavy atom. The lowest BCUT2D eigenvalue weighted by molar-refractivity contribution is 0.299. The normalized spacial score (nSPS) is 17.2. The van der Waals surface area contributed by atoms with E-state index in [1.54, 1.807) is 12.1 Å². The Balaban J connectivity index is 1.67. The average Bonchev–Trinajstić information content (AvgIpc) is 2.67. The highest BCUT2D eigenvalue weighted by molar-refractivity contribution is 9.10. The van der Waals surface area contributed by atoms with Crippen molar-refractivity contribution in [1.82, 2.24) is 5.32 Å². The van der Waals surface area contributed by atoms with E-state index in [0.29, 0.717) is 22.9 Å². The fourth-order valence-electron chi connectivity index (χ4n) is 2.48. The number of nitrogens with one attached hydrogen (secondary N) is 1. The molecule has 1 fully saturated rings. The molecule has 2 nitrogen and oxygen atoms in total. The van der Waals surface area contributed by atoms with Gasteiger partial charge in [0, 0.05) is 18.7 Å². The predicted octanol–water partition coefficient (Wildman–Crippen LogP) is 4.28. The number of halogens is 2. The van der Waals surface area contributed by atoms with E-state index >= 15 is 0 Å². The lowest BCUT2D eigenvalue weighted by Crippen LogP contribution is -2.32. The van der Waals surface area contributed by atoms with Crippen LogP contribution in [0.3, 0.4) is 0 Å². The lowest BCUT2D eigenvalue weighted by Gasteiger charge is -2.16. The third-order valence-electron chi connectivity index (χ3n) is 3.55. The zero-order chi connectivity index (χ0) is 13.5. The number of benzene rings is 1. The molecule has 0 bridgehead atoms. The molecule has 1 aliphatic rings. The summed E-state index contributed by atoms with van der Waals surface area (Å²) >= 11 is 3.13. The fraction of sp³-hybridized carbons (Fsp3) is 0.600. The number of hydrogen-bond donors (Lipinski definition) is 1. The molecule has 0 radical (unpaired) electrons. The van der Waals surface area contributed by atoms with Gasteiger partial charge in [-0.05, 0) is 40.9 Å². The van der Waals surface area contributed by atoms with E-state index in [9.17, 15) is 4.39 Å². The van der Waals surface area contributed by atoms with Gasteiger partial charge in [0.25, 0.3) is 0 Å². The maximum absolute atomic E-state index is 13.3. The van der Waals surface area contributed by atoms with Crippen molar-refractivity contribution >= 4 is 15.9 Å². The predicted molar refractivity (Wildman–Crippen MR) is 79.1 cm³/mol. The Hall–Kier alpha value is -0.610. The van der Waals surface area contributed by atoms with Gasteiger partial charge >= 0.3 is 0 Å². The minimum absolute atomic E-state index is 0.283. The molecular weight excluding hydrogens is 309 g/mol. The Labute approximate surface area is 122 Å². The summed E-state index contributed by atoms with van der Waals surface area (Å²) in [6.45, 7) is 1.40. The second-order valence-corrected chi connectivity index (χ2v) is 5.92. The summed E-state index contributed by atoms with van der Waals surface area (Å²) in [4.78, 5) is 0. The van der Waals surface area contributed by atoms with Crippen molar-refractivity contribution in [1.29, 1.82) is 0 Å². The molecule has 0 aliphatic heterocycles. The molecule has 0 amide bonds. The molecule has 0 heterocycles. The first-order chi connectivity index (χ1) is 9.25. The van der Waals surface area contributed by atoms with Crippen LogP contribution in [0.15, 0.2) is 22.7 Å². The van der Waals surface area contributed by atoms with E-state index in [0.717, 1.165) is 6.54 Å². The SMILES string of the molecule is Fc1cc(OCCNC2CCCCCC2)ccc1Br. The highest BCUT2D eigenvalue weighted by atomic mass is 79.9. The van der Waals surface area contributed by atoms with Crippen LogP contribution >= 0.6 is 15.9 Å². The summed E-state index contributed by atoms with van der Waals surface area (Å²) in [5.74, 6) is 0.303. The second-order valence-electron chi connectivity index (χ2n) is 5.07. The Kier molecular flexibility index (Phi) is 6.11. The van der Waals surface area contributed by atoms with Gasteiger partial charge in [-0.2, -0.15) is 0 Å². The average molecular weight is 330 g/mol. The topological polar surface area (TPSA) is 21.3 Å². The molecular formula is C15H21BrFNO. The maximum atomic E-state index is 13.3. The van der Waals surface area contributed by atoms with Crippen LogP contribution in [0.1, 0.15) is 38.5 Å². The quantitative estimate of drug-likeness (QED) is 0.643. The minimum Gasteiger partial charge on any atom is -0.492 e. The van der Waals surface area contributed by atoms with Crippen LogP contribution in [0, 0.1) is 5.82 Å². The van der Waals surface area contributed by atoms with E-state index < -0.39 is 0 Å². The van der Waals surface area contributed by atoms with Crippen molar-refractivity contribution < 1.29 is 9.13 Å². The second kappa shape index (κ2) is 7.85. The van der Waals surface area contributed by atoms with Crippen LogP contribution in [0.2, 0.25) is 0 Å². The molecule has 0 unspecified atom stereocenters. The van der Waals surface area contributed by atoms with Crippen LogP contribution < -0.4 is 10.1 Å². The molecule has 19 heavy (non-hydrogen) atoms. The third-order valence-corrected chi connectivity index (χ3v) is 4.19. The maximum Gasteiger partial charge on any atom is 0.141 e. The summed E-state index contributed by atoms with van der Waals surface area (Å²) in [5, 5.41) is 3.53. The fourth-order valence-corrected chi connectivity index (χ4v) is 2.73. The summed E-state index contributed by atoms with van der Waals surface area (Å²) < 4.78 is 19.3. The molecule has 0 aromatic heterocycles. The van der Waals surface area contributed by atoms with Gasteiger partial charge in [-0.3, -0.25) is 0 Å². The van der Waals surface area contributed by atoms with E-state index in [1.807, 2.05) is 0 Å². The molecule has 1 aliphatic carbocycles. The summed E-state index contributed by atoms with van der Waals surface area (Å²) in [5.41, 5.74) is 0. The van der Waals surface area contributed by atoms with Gasteiger partial charge in [0.1, 0.15) is 18.2 Å². The van der Waals surface area contributed by atoms with E-state index in [2.05, 4.69) is 21.2 Å². The van der Waals surface area contributed by atoms with Crippen LogP contribution in [-0.2, 0) is 0 Å². The molecule has 0 saturated heterocycles. The Morgan fingerprint density at radius 3 is 2.63 bits per heavy atom. The standard InChI is InChI=1S/C15H21BrFNO/c16-14-8-7-13(11-15(14)17)19-10-9-18-12-5-3-1-2-4-6-12/h7-8,11-12,18H,1-6,9-10H2. The van der Waals surface area contributed by atoms with Crippen LogP contribution in [-0.4, -0.2) is 19.2 Å². The first-order valence-electron chi connectivity index (χ1n) is 7.07. The van der Waals surface area contributed by atoms with Crippen molar-refractivity contribution in [2.75, 3.05) is 13.2 Å². The summed E-state index contributed by atoms with van der Waals surface area (Å²) in [6.07, 6.45) is 7.94. The van der Waals surface area contributed by atoms with Crippen molar-refractivity contribution in [2.24, 2.45) is 0 Å². The molecule has 1 N–H and O–H groups in total. The monoisotopic (exact) mass is 329 g/mol. The molecule has 2 rings (SSSR count). The number of ether oxygens (including phenoxy) is 1. The first-order valence-corrected chi connectivity index (χ1v) is 7.86. The number of hydrogen-bond acceptors (Lipinski definition) is 2. The van der Waals surface area contributed by atoms with Crippen LogP contribution in [0.4, 0.5) is 4.39 Å². The van der Waals surface area contributed by atoms with E-state index in [-0.39, 0.29) is 5.82 Å². The zero-order valence-corrected chi connectivity index (χ0v) is 12.7. The molecule has 4 heteroatoms. The molecule has 0 atom stereocenters. The van der Waals surface area contributed by atoms with Gasteiger partial charge in [-0.1, -0.05) is 25.7 Å². The Bertz CT molecular complexity index is 392. The van der Waals surface area contributed by atoms with Crippen LogP contribution in [0.5, 0.6) is 5.75 Å². The molecule has 106 valence electrons. The van der Waals surface area contributed by atoms with Gasteiger partial charge in [-0.15, -0.1) is 0 Å². The van der Waals surface area contributed by atoms with Gasteiger partial charge in [-0.25, -0.2) is 4.39 Å². The van der Waals surface area contributed by atoms with Gasteiger partial charge in [0.2, 0.25) is 0 Å². The van der Waals surface area contributed by atoms with Crippen molar-refractivity contribution in [3.05, 3.63) is 28.5 Å². The Morgan fingerprint density at radius 1 is 1.21 bits per heavy atom. The van der Waals surface area contributed by atoms with E-state index in [1.165, 1.54) is 44.6 Å². The van der Waals surface area contributed by atoms with Gasteiger partial charge < -0.3 is 10.1 Å². The molecule has 1 aromatic carbocycles. The molecule has 0 spiro atoms. The summed E-state index contributed by atoms with van der Waals surface area (Å²) in [6, 6.07) is 5.49. The molecule has 1 aromatic rings. The minimum atomic E-state index is -0.283. The van der Waals surface area contributed by atoms with Crippen molar-refractivity contribution in [3.63, 3.8) is 0 Å². The highest BCUT2D eigenvalue weighted by Crippen LogP contribution is 2.21. The molecule has 1 saturated carbocycles. The van der Waals surface area contributed by atoms with Gasteiger partial charge in [0.15, 0.2) is 0 Å². The lowest BCUT2D eigenvalue weighted by atomic mass is 10.1. The van der Waals surface area contributed by atoms with E-state index in [4.69, 9.17) is 4.74 Å². The zero-order valence-electron chi connectivity index (χ0n) is 11.1. The smallest absolute Gasteiger partial charge is 0.141 e.